The second kappa shape index (κ2) is 5.88. The summed E-state index contributed by atoms with van der Waals surface area (Å²) in [6.07, 6.45) is 0. The molecule has 5 nitrogen and oxygen atoms in total. The van der Waals surface area contributed by atoms with Crippen LogP contribution in [0, 0.1) is 0 Å². The number of benzene rings is 2. The monoisotopic (exact) mass is 270 g/mol. The minimum Gasteiger partial charge on any atom is -0.478 e. The number of anilines is 1. The first-order valence-corrected chi connectivity index (χ1v) is 6.02. The number of carbonyl (C=O) groups is 2. The fourth-order valence-corrected chi connectivity index (χ4v) is 1.92. The summed E-state index contributed by atoms with van der Waals surface area (Å²) >= 11 is 0. The summed E-state index contributed by atoms with van der Waals surface area (Å²) in [6.45, 7) is 0. The van der Waals surface area contributed by atoms with Crippen LogP contribution in [0.4, 0.5) is 5.69 Å². The molecule has 0 aliphatic rings. The van der Waals surface area contributed by atoms with E-state index in [1.165, 1.54) is 6.07 Å². The molecule has 0 fully saturated rings. The summed E-state index contributed by atoms with van der Waals surface area (Å²) in [4.78, 5) is 22.8. The minimum atomic E-state index is -1.07. The van der Waals surface area contributed by atoms with E-state index in [2.05, 4.69) is 5.32 Å². The Morgan fingerprint density at radius 2 is 1.60 bits per heavy atom. The van der Waals surface area contributed by atoms with E-state index in [0.29, 0.717) is 11.3 Å². The summed E-state index contributed by atoms with van der Waals surface area (Å²) in [5.74, 6) is -1.64. The third-order valence-corrected chi connectivity index (χ3v) is 2.87. The Labute approximate surface area is 116 Å². The van der Waals surface area contributed by atoms with Gasteiger partial charge in [0.25, 0.3) is 0 Å². The maximum Gasteiger partial charge on any atom is 0.337 e. The normalized spacial score (nSPS) is 11.6. The lowest BCUT2D eigenvalue weighted by molar-refractivity contribution is -0.118. The standard InChI is InChI=1S/C15H14N2O3/c16-14(18)13(10-6-2-1-3-7-10)17-12-9-5-4-8-11(12)15(19)20/h1-9,13,17H,(H2,16,18)(H,19,20). The highest BCUT2D eigenvalue weighted by atomic mass is 16.4. The highest BCUT2D eigenvalue weighted by molar-refractivity contribution is 5.95. The highest BCUT2D eigenvalue weighted by Gasteiger charge is 2.19. The third kappa shape index (κ3) is 2.95. The molecule has 0 aliphatic heterocycles. The number of carbonyl (C=O) groups excluding carboxylic acids is 1. The van der Waals surface area contributed by atoms with E-state index in [9.17, 15) is 9.59 Å². The Hall–Kier alpha value is -2.82. The highest BCUT2D eigenvalue weighted by Crippen LogP contribution is 2.22. The summed E-state index contributed by atoms with van der Waals surface area (Å²) < 4.78 is 0. The van der Waals surface area contributed by atoms with Gasteiger partial charge in [-0.25, -0.2) is 4.79 Å². The summed E-state index contributed by atoms with van der Waals surface area (Å²) in [5, 5.41) is 12.0. The van der Waals surface area contributed by atoms with Gasteiger partial charge in [-0.1, -0.05) is 42.5 Å². The number of hydrogen-bond donors (Lipinski definition) is 3. The van der Waals surface area contributed by atoms with Gasteiger partial charge in [0.2, 0.25) is 5.91 Å². The van der Waals surface area contributed by atoms with Gasteiger partial charge in [-0.15, -0.1) is 0 Å². The first-order chi connectivity index (χ1) is 9.59. The van der Waals surface area contributed by atoms with Crippen LogP contribution in [0.3, 0.4) is 0 Å². The molecule has 0 aliphatic carbocycles. The second-order valence-corrected chi connectivity index (χ2v) is 4.24. The fraction of sp³-hybridized carbons (Fsp3) is 0.0667. The first-order valence-electron chi connectivity index (χ1n) is 6.02. The molecule has 20 heavy (non-hydrogen) atoms. The van der Waals surface area contributed by atoms with Gasteiger partial charge in [0, 0.05) is 5.69 Å². The second-order valence-electron chi connectivity index (χ2n) is 4.24. The van der Waals surface area contributed by atoms with Crippen LogP contribution in [0.1, 0.15) is 22.0 Å². The van der Waals surface area contributed by atoms with Crippen LogP contribution in [0.25, 0.3) is 0 Å². The van der Waals surface area contributed by atoms with Crippen molar-refractivity contribution < 1.29 is 14.7 Å². The molecule has 0 spiro atoms. The van der Waals surface area contributed by atoms with Crippen molar-refractivity contribution in [2.24, 2.45) is 5.73 Å². The number of aromatic carboxylic acids is 1. The van der Waals surface area contributed by atoms with Gasteiger partial charge in [0.1, 0.15) is 6.04 Å². The molecule has 0 bridgehead atoms. The van der Waals surface area contributed by atoms with Crippen molar-refractivity contribution in [3.8, 4) is 0 Å². The van der Waals surface area contributed by atoms with Crippen molar-refractivity contribution in [2.45, 2.75) is 6.04 Å². The molecule has 4 N–H and O–H groups in total. The molecular weight excluding hydrogens is 256 g/mol. The topological polar surface area (TPSA) is 92.4 Å². The average Bonchev–Trinajstić information content (AvgIpc) is 2.45. The van der Waals surface area contributed by atoms with Gasteiger partial charge in [-0.05, 0) is 17.7 Å². The molecule has 0 aromatic heterocycles. The molecule has 5 heteroatoms. The van der Waals surface area contributed by atoms with E-state index in [1.807, 2.05) is 6.07 Å². The van der Waals surface area contributed by atoms with Gasteiger partial charge >= 0.3 is 5.97 Å². The zero-order chi connectivity index (χ0) is 14.5. The van der Waals surface area contributed by atoms with E-state index in [0.717, 1.165) is 0 Å². The van der Waals surface area contributed by atoms with Crippen molar-refractivity contribution in [2.75, 3.05) is 5.32 Å². The molecule has 1 unspecified atom stereocenters. The molecule has 2 aromatic carbocycles. The molecule has 2 aromatic rings. The van der Waals surface area contributed by atoms with E-state index < -0.39 is 17.9 Å². The van der Waals surface area contributed by atoms with Crippen LogP contribution in [-0.4, -0.2) is 17.0 Å². The number of para-hydroxylation sites is 1. The third-order valence-electron chi connectivity index (χ3n) is 2.87. The molecule has 0 saturated heterocycles. The van der Waals surface area contributed by atoms with E-state index in [-0.39, 0.29) is 5.56 Å². The predicted octanol–water partition coefficient (Wildman–Crippen LogP) is 2.02. The van der Waals surface area contributed by atoms with Crippen LogP contribution in [0.15, 0.2) is 54.6 Å². The number of nitrogens with one attached hydrogen (secondary N) is 1. The number of nitrogens with two attached hydrogens (primary N) is 1. The van der Waals surface area contributed by atoms with E-state index in [1.54, 1.807) is 42.5 Å². The summed E-state index contributed by atoms with van der Waals surface area (Å²) in [5.41, 5.74) is 6.52. The van der Waals surface area contributed by atoms with Crippen LogP contribution in [0.5, 0.6) is 0 Å². The largest absolute Gasteiger partial charge is 0.478 e. The molecule has 1 amide bonds. The quantitative estimate of drug-likeness (QED) is 0.775. The van der Waals surface area contributed by atoms with Crippen LogP contribution in [0.2, 0.25) is 0 Å². The van der Waals surface area contributed by atoms with Crippen molar-refractivity contribution in [3.05, 3.63) is 65.7 Å². The van der Waals surface area contributed by atoms with Gasteiger partial charge in [-0.3, -0.25) is 4.79 Å². The maximum absolute atomic E-state index is 11.6. The molecule has 0 heterocycles. The SMILES string of the molecule is NC(=O)C(Nc1ccccc1C(=O)O)c1ccccc1. The zero-order valence-electron chi connectivity index (χ0n) is 10.6. The maximum atomic E-state index is 11.6. The lowest BCUT2D eigenvalue weighted by Crippen LogP contribution is -2.28. The average molecular weight is 270 g/mol. The van der Waals surface area contributed by atoms with Gasteiger partial charge in [-0.2, -0.15) is 0 Å². The molecule has 102 valence electrons. The molecular formula is C15H14N2O3. The predicted molar refractivity (Wildman–Crippen MR) is 75.4 cm³/mol. The van der Waals surface area contributed by atoms with Crippen molar-refractivity contribution >= 4 is 17.6 Å². The van der Waals surface area contributed by atoms with E-state index in [4.69, 9.17) is 10.8 Å². The zero-order valence-corrected chi connectivity index (χ0v) is 10.6. The Bertz CT molecular complexity index is 626. The lowest BCUT2D eigenvalue weighted by atomic mass is 10.0. The number of primary amides is 1. The Morgan fingerprint density at radius 1 is 1.00 bits per heavy atom. The number of carboxylic acids is 1. The number of rotatable bonds is 5. The van der Waals surface area contributed by atoms with Crippen LogP contribution >= 0.6 is 0 Å². The van der Waals surface area contributed by atoms with Crippen molar-refractivity contribution in [1.29, 1.82) is 0 Å². The smallest absolute Gasteiger partial charge is 0.337 e. The van der Waals surface area contributed by atoms with Crippen molar-refractivity contribution in [1.82, 2.24) is 0 Å². The number of carboxylic acid groups (broad SMARTS) is 1. The van der Waals surface area contributed by atoms with Crippen molar-refractivity contribution in [3.63, 3.8) is 0 Å². The van der Waals surface area contributed by atoms with Gasteiger partial charge < -0.3 is 16.2 Å². The molecule has 1 atom stereocenters. The molecule has 0 saturated carbocycles. The summed E-state index contributed by atoms with van der Waals surface area (Å²) in [6, 6.07) is 14.5. The van der Waals surface area contributed by atoms with Crippen LogP contribution < -0.4 is 11.1 Å². The van der Waals surface area contributed by atoms with E-state index >= 15 is 0 Å². The summed E-state index contributed by atoms with van der Waals surface area (Å²) in [7, 11) is 0. The Morgan fingerprint density at radius 3 is 2.20 bits per heavy atom. The number of hydrogen-bond acceptors (Lipinski definition) is 3. The van der Waals surface area contributed by atoms with Crippen LogP contribution in [-0.2, 0) is 4.79 Å². The Balaban J connectivity index is 2.35. The van der Waals surface area contributed by atoms with Gasteiger partial charge in [0.15, 0.2) is 0 Å². The van der Waals surface area contributed by atoms with Gasteiger partial charge in [0.05, 0.1) is 5.56 Å². The molecule has 0 radical (unpaired) electrons. The lowest BCUT2D eigenvalue weighted by Gasteiger charge is -2.18. The first kappa shape index (κ1) is 13.6. The Kier molecular flexibility index (Phi) is 4.00. The minimum absolute atomic E-state index is 0.0923. The fourth-order valence-electron chi connectivity index (χ4n) is 1.92. The number of amides is 1. The molecule has 2 rings (SSSR count).